The lowest BCUT2D eigenvalue weighted by Crippen LogP contribution is -2.22. The molecule has 3 nitrogen and oxygen atoms in total. The van der Waals surface area contributed by atoms with Gasteiger partial charge in [-0.15, -0.1) is 11.3 Å². The molecule has 0 radical (unpaired) electrons. The number of aryl methyl sites for hydroxylation is 1. The highest BCUT2D eigenvalue weighted by atomic mass is 32.1. The topological polar surface area (TPSA) is 28.2 Å². The number of hydrogen-bond donors (Lipinski definition) is 1. The molecule has 1 aromatic rings. The van der Waals surface area contributed by atoms with Gasteiger partial charge in [-0.2, -0.15) is 0 Å². The molecule has 1 atom stereocenters. The molecule has 2 rings (SSSR count). The molecule has 0 spiro atoms. The van der Waals surface area contributed by atoms with Crippen molar-refractivity contribution < 1.29 is 0 Å². The van der Waals surface area contributed by atoms with Gasteiger partial charge in [0.25, 0.3) is 0 Å². The Bertz CT molecular complexity index is 324. The van der Waals surface area contributed by atoms with E-state index in [0.29, 0.717) is 0 Å². The van der Waals surface area contributed by atoms with Crippen LogP contribution in [0, 0.1) is 5.92 Å². The highest BCUT2D eigenvalue weighted by Gasteiger charge is 2.20. The Hall–Kier alpha value is -0.610. The van der Waals surface area contributed by atoms with Crippen molar-refractivity contribution in [1.82, 2.24) is 9.88 Å². The van der Waals surface area contributed by atoms with Crippen LogP contribution in [0.3, 0.4) is 0 Å². The molecule has 0 bridgehead atoms. The summed E-state index contributed by atoms with van der Waals surface area (Å²) in [6.45, 7) is 9.16. The molecule has 1 N–H and O–H groups in total. The average molecular weight is 239 g/mol. The van der Waals surface area contributed by atoms with Crippen LogP contribution in [0.2, 0.25) is 0 Å². The molecule has 0 aromatic carbocycles. The minimum absolute atomic E-state index is 0.800. The van der Waals surface area contributed by atoms with E-state index < -0.39 is 0 Å². The number of thiazole rings is 1. The van der Waals surface area contributed by atoms with Crippen LogP contribution in [-0.2, 0) is 6.42 Å². The van der Waals surface area contributed by atoms with E-state index in [4.69, 9.17) is 0 Å². The van der Waals surface area contributed by atoms with Crippen molar-refractivity contribution >= 4 is 16.5 Å². The number of aromatic nitrogens is 1. The van der Waals surface area contributed by atoms with E-state index in [1.54, 1.807) is 11.3 Å². The highest BCUT2D eigenvalue weighted by molar-refractivity contribution is 7.13. The summed E-state index contributed by atoms with van der Waals surface area (Å²) in [5, 5.41) is 6.70. The Morgan fingerprint density at radius 1 is 1.56 bits per heavy atom. The van der Waals surface area contributed by atoms with Crippen LogP contribution in [0.5, 0.6) is 0 Å². The summed E-state index contributed by atoms with van der Waals surface area (Å²) in [6.07, 6.45) is 2.36. The number of rotatable bonds is 5. The third-order valence-corrected chi connectivity index (χ3v) is 4.12. The minimum atomic E-state index is 0.800. The summed E-state index contributed by atoms with van der Waals surface area (Å²) in [7, 11) is 0. The minimum Gasteiger partial charge on any atom is -0.361 e. The molecule has 1 saturated heterocycles. The van der Waals surface area contributed by atoms with Crippen LogP contribution in [-0.4, -0.2) is 36.1 Å². The smallest absolute Gasteiger partial charge is 0.182 e. The quantitative estimate of drug-likeness (QED) is 0.855. The van der Waals surface area contributed by atoms with Crippen LogP contribution in [0.25, 0.3) is 0 Å². The van der Waals surface area contributed by atoms with E-state index in [0.717, 1.165) is 24.0 Å². The van der Waals surface area contributed by atoms with Gasteiger partial charge in [-0.25, -0.2) is 4.98 Å². The molecular formula is C12H21N3S. The fourth-order valence-electron chi connectivity index (χ4n) is 2.15. The molecule has 16 heavy (non-hydrogen) atoms. The zero-order valence-corrected chi connectivity index (χ0v) is 11.0. The fraction of sp³-hybridized carbons (Fsp3) is 0.750. The van der Waals surface area contributed by atoms with Gasteiger partial charge in [0.15, 0.2) is 5.13 Å². The van der Waals surface area contributed by atoms with Crippen molar-refractivity contribution in [2.45, 2.75) is 26.7 Å². The standard InChI is InChI=1S/C12H21N3S/c1-3-11-9-16-12(14-11)13-7-10-5-6-15(4-2)8-10/h9-10H,3-8H2,1-2H3,(H,13,14). The summed E-state index contributed by atoms with van der Waals surface area (Å²) in [5.41, 5.74) is 1.20. The van der Waals surface area contributed by atoms with Crippen LogP contribution in [0.4, 0.5) is 5.13 Å². The van der Waals surface area contributed by atoms with Crippen LogP contribution < -0.4 is 5.32 Å². The van der Waals surface area contributed by atoms with Crippen LogP contribution in [0.15, 0.2) is 5.38 Å². The van der Waals surface area contributed by atoms with Crippen LogP contribution >= 0.6 is 11.3 Å². The van der Waals surface area contributed by atoms with Crippen molar-refractivity contribution in [2.75, 3.05) is 31.5 Å². The molecule has 1 aliphatic heterocycles. The fourth-order valence-corrected chi connectivity index (χ4v) is 2.95. The second-order valence-corrected chi connectivity index (χ2v) is 5.28. The maximum absolute atomic E-state index is 4.52. The van der Waals surface area contributed by atoms with Crippen molar-refractivity contribution in [2.24, 2.45) is 5.92 Å². The summed E-state index contributed by atoms with van der Waals surface area (Å²) in [4.78, 5) is 7.04. The maximum atomic E-state index is 4.52. The molecule has 1 fully saturated rings. The lowest BCUT2D eigenvalue weighted by Gasteiger charge is -2.13. The van der Waals surface area contributed by atoms with Crippen molar-refractivity contribution in [3.8, 4) is 0 Å². The Morgan fingerprint density at radius 2 is 2.44 bits per heavy atom. The monoisotopic (exact) mass is 239 g/mol. The summed E-state index contributed by atoms with van der Waals surface area (Å²) < 4.78 is 0. The number of hydrogen-bond acceptors (Lipinski definition) is 4. The molecule has 2 heterocycles. The van der Waals surface area contributed by atoms with E-state index >= 15 is 0 Å². The number of nitrogens with one attached hydrogen (secondary N) is 1. The summed E-state index contributed by atoms with van der Waals surface area (Å²) >= 11 is 1.73. The molecule has 0 saturated carbocycles. The first kappa shape index (κ1) is 11.9. The Labute approximate surface area is 102 Å². The zero-order chi connectivity index (χ0) is 11.4. The van der Waals surface area contributed by atoms with Gasteiger partial charge in [-0.05, 0) is 31.8 Å². The van der Waals surface area contributed by atoms with E-state index in [-0.39, 0.29) is 0 Å². The van der Waals surface area contributed by atoms with Crippen molar-refractivity contribution in [3.05, 3.63) is 11.1 Å². The van der Waals surface area contributed by atoms with E-state index in [1.807, 2.05) is 0 Å². The third-order valence-electron chi connectivity index (χ3n) is 3.27. The average Bonchev–Trinajstić information content (AvgIpc) is 2.95. The maximum Gasteiger partial charge on any atom is 0.182 e. The number of likely N-dealkylation sites (tertiary alicyclic amines) is 1. The van der Waals surface area contributed by atoms with Crippen LogP contribution in [0.1, 0.15) is 26.0 Å². The third kappa shape index (κ3) is 2.95. The molecule has 90 valence electrons. The van der Waals surface area contributed by atoms with E-state index in [2.05, 4.69) is 34.4 Å². The summed E-state index contributed by atoms with van der Waals surface area (Å²) in [6, 6.07) is 0. The molecule has 1 aliphatic rings. The Morgan fingerprint density at radius 3 is 3.06 bits per heavy atom. The predicted molar refractivity (Wildman–Crippen MR) is 70.2 cm³/mol. The SMILES string of the molecule is CCc1csc(NCC2CCN(CC)C2)n1. The predicted octanol–water partition coefficient (Wildman–Crippen LogP) is 2.46. The molecule has 4 heteroatoms. The first-order chi connectivity index (χ1) is 7.81. The highest BCUT2D eigenvalue weighted by Crippen LogP contribution is 2.19. The normalized spacial score (nSPS) is 21.5. The van der Waals surface area contributed by atoms with Gasteiger partial charge >= 0.3 is 0 Å². The van der Waals surface area contributed by atoms with Crippen molar-refractivity contribution in [1.29, 1.82) is 0 Å². The van der Waals surface area contributed by atoms with Gasteiger partial charge in [0.2, 0.25) is 0 Å². The summed E-state index contributed by atoms with van der Waals surface area (Å²) in [5.74, 6) is 0.800. The number of anilines is 1. The lowest BCUT2D eigenvalue weighted by molar-refractivity contribution is 0.345. The van der Waals surface area contributed by atoms with Gasteiger partial charge in [0.05, 0.1) is 5.69 Å². The van der Waals surface area contributed by atoms with Gasteiger partial charge < -0.3 is 10.2 Å². The first-order valence-electron chi connectivity index (χ1n) is 6.22. The number of nitrogens with zero attached hydrogens (tertiary/aromatic N) is 2. The van der Waals surface area contributed by atoms with Gasteiger partial charge in [-0.1, -0.05) is 13.8 Å². The largest absolute Gasteiger partial charge is 0.361 e. The van der Waals surface area contributed by atoms with E-state index in [1.165, 1.54) is 31.7 Å². The van der Waals surface area contributed by atoms with Gasteiger partial charge in [0, 0.05) is 18.5 Å². The second kappa shape index (κ2) is 5.64. The second-order valence-electron chi connectivity index (χ2n) is 4.43. The van der Waals surface area contributed by atoms with Gasteiger partial charge in [0.1, 0.15) is 0 Å². The molecule has 0 aliphatic carbocycles. The molecule has 0 amide bonds. The van der Waals surface area contributed by atoms with E-state index in [9.17, 15) is 0 Å². The van der Waals surface area contributed by atoms with Gasteiger partial charge in [-0.3, -0.25) is 0 Å². The Kier molecular flexibility index (Phi) is 4.18. The first-order valence-corrected chi connectivity index (χ1v) is 7.10. The molecule has 1 unspecified atom stereocenters. The Balaban J connectivity index is 1.75. The van der Waals surface area contributed by atoms with Crippen molar-refractivity contribution in [3.63, 3.8) is 0 Å². The zero-order valence-electron chi connectivity index (χ0n) is 10.2. The lowest BCUT2D eigenvalue weighted by atomic mass is 10.1. The molecule has 1 aromatic heterocycles. The molecular weight excluding hydrogens is 218 g/mol.